The molecule has 2 aromatic carbocycles. The Hall–Kier alpha value is -2.40. The topological polar surface area (TPSA) is 45.6 Å². The molecule has 27 heavy (non-hydrogen) atoms. The normalized spacial score (nSPS) is 14.9. The van der Waals surface area contributed by atoms with Crippen molar-refractivity contribution in [3.8, 4) is 5.75 Å². The summed E-state index contributed by atoms with van der Waals surface area (Å²) in [6, 6.07) is 16.6. The number of para-hydroxylation sites is 1. The second-order valence-corrected chi connectivity index (χ2v) is 7.34. The summed E-state index contributed by atoms with van der Waals surface area (Å²) in [4.78, 5) is 0. The summed E-state index contributed by atoms with van der Waals surface area (Å²) in [5.74, 6) is 0.803. The van der Waals surface area contributed by atoms with Gasteiger partial charge in [-0.15, -0.1) is 0 Å². The number of benzene rings is 2. The van der Waals surface area contributed by atoms with Crippen molar-refractivity contribution in [2.45, 2.75) is 51.7 Å². The first-order valence-corrected chi connectivity index (χ1v) is 9.99. The molecule has 1 aliphatic rings. The Morgan fingerprint density at radius 1 is 1.11 bits per heavy atom. The molecule has 0 aromatic heterocycles. The number of hydrazone groups is 1. The zero-order chi connectivity index (χ0) is 18.9. The van der Waals surface area contributed by atoms with Gasteiger partial charge >= 0.3 is 0 Å². The van der Waals surface area contributed by atoms with Crippen LogP contribution in [0.1, 0.15) is 48.8 Å². The van der Waals surface area contributed by atoms with Gasteiger partial charge in [-0.1, -0.05) is 55.7 Å². The molecule has 0 saturated heterocycles. The van der Waals surface area contributed by atoms with Crippen LogP contribution in [0.3, 0.4) is 0 Å². The van der Waals surface area contributed by atoms with Gasteiger partial charge in [-0.3, -0.25) is 5.43 Å². The zero-order valence-corrected chi connectivity index (χ0v) is 16.6. The SMILES string of the molecule is Cc1ccccc1COc1ccccc1/C=N/NC(=S)NC1CCCCC1. The molecule has 1 saturated carbocycles. The van der Waals surface area contributed by atoms with Crippen LogP contribution in [0.5, 0.6) is 5.75 Å². The molecule has 0 amide bonds. The number of ether oxygens (including phenoxy) is 1. The molecule has 2 N–H and O–H groups in total. The smallest absolute Gasteiger partial charge is 0.187 e. The van der Waals surface area contributed by atoms with Crippen LogP contribution in [-0.2, 0) is 6.61 Å². The third kappa shape index (κ3) is 6.07. The van der Waals surface area contributed by atoms with E-state index in [2.05, 4.69) is 34.9 Å². The standard InChI is InChI=1S/C22H27N3OS/c1-17-9-5-6-11-19(17)16-26-21-14-8-7-10-18(21)15-23-25-22(27)24-20-12-3-2-4-13-20/h5-11,14-15,20H,2-4,12-13,16H2,1H3,(H2,24,25,27)/b23-15+. The third-order valence-corrected chi connectivity index (χ3v) is 5.08. The fourth-order valence-electron chi connectivity index (χ4n) is 3.27. The lowest BCUT2D eigenvalue weighted by molar-refractivity contribution is 0.305. The second-order valence-electron chi connectivity index (χ2n) is 6.93. The van der Waals surface area contributed by atoms with Gasteiger partial charge in [-0.2, -0.15) is 5.10 Å². The maximum absolute atomic E-state index is 6.02. The van der Waals surface area contributed by atoms with E-state index in [-0.39, 0.29) is 0 Å². The van der Waals surface area contributed by atoms with Crippen molar-refractivity contribution >= 4 is 23.5 Å². The molecular formula is C22H27N3OS. The fourth-order valence-corrected chi connectivity index (χ4v) is 3.49. The Morgan fingerprint density at radius 3 is 2.67 bits per heavy atom. The van der Waals surface area contributed by atoms with Crippen molar-refractivity contribution in [3.05, 3.63) is 65.2 Å². The van der Waals surface area contributed by atoms with E-state index in [1.54, 1.807) is 6.21 Å². The van der Waals surface area contributed by atoms with Gasteiger partial charge in [0.2, 0.25) is 0 Å². The maximum Gasteiger partial charge on any atom is 0.187 e. The first kappa shape index (κ1) is 19.4. The summed E-state index contributed by atoms with van der Waals surface area (Å²) >= 11 is 5.35. The van der Waals surface area contributed by atoms with Gasteiger partial charge in [-0.05, 0) is 55.2 Å². The second kappa shape index (κ2) is 10.1. The van der Waals surface area contributed by atoms with E-state index in [4.69, 9.17) is 17.0 Å². The quantitative estimate of drug-likeness (QED) is 0.432. The lowest BCUT2D eigenvalue weighted by Crippen LogP contribution is -2.40. The van der Waals surface area contributed by atoms with Gasteiger partial charge in [0, 0.05) is 11.6 Å². The highest BCUT2D eigenvalue weighted by Gasteiger charge is 2.13. The van der Waals surface area contributed by atoms with Crippen LogP contribution in [0.15, 0.2) is 53.6 Å². The van der Waals surface area contributed by atoms with Crippen molar-refractivity contribution in [3.63, 3.8) is 0 Å². The highest BCUT2D eigenvalue weighted by molar-refractivity contribution is 7.80. The van der Waals surface area contributed by atoms with Gasteiger partial charge in [-0.25, -0.2) is 0 Å². The first-order valence-electron chi connectivity index (χ1n) is 9.58. The summed E-state index contributed by atoms with van der Waals surface area (Å²) in [7, 11) is 0. The first-order chi connectivity index (χ1) is 13.2. The lowest BCUT2D eigenvalue weighted by atomic mass is 9.96. The molecule has 0 bridgehead atoms. The van der Waals surface area contributed by atoms with E-state index >= 15 is 0 Å². The average Bonchev–Trinajstić information content (AvgIpc) is 2.69. The van der Waals surface area contributed by atoms with Gasteiger partial charge in [0.1, 0.15) is 12.4 Å². The summed E-state index contributed by atoms with van der Waals surface area (Å²) in [5.41, 5.74) is 6.25. The molecule has 142 valence electrons. The summed E-state index contributed by atoms with van der Waals surface area (Å²) in [5, 5.41) is 8.21. The third-order valence-electron chi connectivity index (χ3n) is 4.87. The predicted octanol–water partition coefficient (Wildman–Crippen LogP) is 4.70. The minimum absolute atomic E-state index is 0.471. The highest BCUT2D eigenvalue weighted by atomic mass is 32.1. The molecule has 5 heteroatoms. The summed E-state index contributed by atoms with van der Waals surface area (Å²) in [6.07, 6.45) is 7.99. The number of thiocarbonyl (C=S) groups is 1. The van der Waals surface area contributed by atoms with Crippen LogP contribution in [0, 0.1) is 6.92 Å². The molecule has 1 aliphatic carbocycles. The minimum Gasteiger partial charge on any atom is -0.488 e. The summed E-state index contributed by atoms with van der Waals surface area (Å²) < 4.78 is 6.02. The van der Waals surface area contributed by atoms with Crippen LogP contribution in [0.2, 0.25) is 0 Å². The molecule has 0 radical (unpaired) electrons. The molecule has 0 spiro atoms. The molecule has 4 nitrogen and oxygen atoms in total. The number of nitrogens with one attached hydrogen (secondary N) is 2. The van der Waals surface area contributed by atoms with Crippen LogP contribution < -0.4 is 15.5 Å². The molecule has 0 unspecified atom stereocenters. The minimum atomic E-state index is 0.471. The Labute approximate surface area is 167 Å². The van der Waals surface area contributed by atoms with Crippen LogP contribution in [-0.4, -0.2) is 17.4 Å². The molecule has 0 atom stereocenters. The number of hydrogen-bond donors (Lipinski definition) is 2. The molecule has 3 rings (SSSR count). The molecule has 2 aromatic rings. The monoisotopic (exact) mass is 381 g/mol. The van der Waals surface area contributed by atoms with Crippen LogP contribution in [0.4, 0.5) is 0 Å². The van der Waals surface area contributed by atoms with Crippen molar-refractivity contribution < 1.29 is 4.74 Å². The Morgan fingerprint density at radius 2 is 1.85 bits per heavy atom. The molecule has 0 aliphatic heterocycles. The Kier molecular flexibility index (Phi) is 7.22. The van der Waals surface area contributed by atoms with E-state index < -0.39 is 0 Å². The van der Waals surface area contributed by atoms with E-state index in [0.29, 0.717) is 17.8 Å². The Bertz CT molecular complexity index is 785. The van der Waals surface area contributed by atoms with Gasteiger partial charge < -0.3 is 10.1 Å². The summed E-state index contributed by atoms with van der Waals surface area (Å²) in [6.45, 7) is 2.63. The van der Waals surface area contributed by atoms with E-state index in [9.17, 15) is 0 Å². The molecular weight excluding hydrogens is 354 g/mol. The van der Waals surface area contributed by atoms with Crippen LogP contribution in [0.25, 0.3) is 0 Å². The Balaban J connectivity index is 1.54. The number of rotatable bonds is 6. The van der Waals surface area contributed by atoms with Crippen molar-refractivity contribution in [1.29, 1.82) is 0 Å². The van der Waals surface area contributed by atoms with Crippen molar-refractivity contribution in [2.75, 3.05) is 0 Å². The van der Waals surface area contributed by atoms with E-state index in [1.165, 1.54) is 43.2 Å². The van der Waals surface area contributed by atoms with Gasteiger partial charge in [0.15, 0.2) is 5.11 Å². The van der Waals surface area contributed by atoms with E-state index in [0.717, 1.165) is 11.3 Å². The van der Waals surface area contributed by atoms with Gasteiger partial charge in [0.25, 0.3) is 0 Å². The zero-order valence-electron chi connectivity index (χ0n) is 15.8. The fraction of sp³-hybridized carbons (Fsp3) is 0.364. The number of aryl methyl sites for hydroxylation is 1. The maximum atomic E-state index is 6.02. The predicted molar refractivity (Wildman–Crippen MR) is 115 cm³/mol. The van der Waals surface area contributed by atoms with Crippen molar-refractivity contribution in [2.24, 2.45) is 5.10 Å². The van der Waals surface area contributed by atoms with E-state index in [1.807, 2.05) is 36.4 Å². The van der Waals surface area contributed by atoms with Gasteiger partial charge in [0.05, 0.1) is 6.21 Å². The van der Waals surface area contributed by atoms with Crippen LogP contribution >= 0.6 is 12.2 Å². The highest BCUT2D eigenvalue weighted by Crippen LogP contribution is 2.19. The number of hydrogen-bond acceptors (Lipinski definition) is 3. The largest absolute Gasteiger partial charge is 0.488 e. The average molecular weight is 382 g/mol. The molecule has 1 fully saturated rings. The number of nitrogens with zero attached hydrogens (tertiary/aromatic N) is 1. The lowest BCUT2D eigenvalue weighted by Gasteiger charge is -2.23. The van der Waals surface area contributed by atoms with Crippen molar-refractivity contribution in [1.82, 2.24) is 10.7 Å². The molecule has 0 heterocycles.